The maximum Gasteiger partial charge on any atom is 0.338 e. The molecular weight excluding hydrogens is 266 g/mol. The minimum absolute atomic E-state index is 0.159. The number of aromatic carboxylic acids is 1. The highest BCUT2D eigenvalue weighted by molar-refractivity contribution is 6.00. The van der Waals surface area contributed by atoms with Gasteiger partial charge in [0.05, 0.1) is 11.0 Å². The first-order valence-electron chi connectivity index (χ1n) is 6.69. The molecule has 0 unspecified atom stereocenters. The third kappa shape index (κ3) is 2.18. The zero-order valence-corrected chi connectivity index (χ0v) is 11.8. The van der Waals surface area contributed by atoms with Gasteiger partial charge in [-0.05, 0) is 31.5 Å². The molecule has 4 nitrogen and oxygen atoms in total. The minimum Gasteiger partial charge on any atom is -0.478 e. The molecule has 0 saturated heterocycles. The number of benzene rings is 2. The number of nitrogens with zero attached hydrogens (tertiary/aromatic N) is 1. The van der Waals surface area contributed by atoms with Crippen LogP contribution in [0.2, 0.25) is 0 Å². The van der Waals surface area contributed by atoms with Crippen LogP contribution < -0.4 is 0 Å². The minimum atomic E-state index is -1.00. The van der Waals surface area contributed by atoms with Crippen molar-refractivity contribution in [2.45, 2.75) is 19.3 Å². The number of carboxylic acids is 1. The molecule has 0 radical (unpaired) electrons. The Labute approximate surface area is 122 Å². The van der Waals surface area contributed by atoms with Crippen LogP contribution in [-0.2, 0) is 5.41 Å². The van der Waals surface area contributed by atoms with E-state index in [0.29, 0.717) is 17.0 Å². The van der Waals surface area contributed by atoms with E-state index in [-0.39, 0.29) is 5.56 Å². The zero-order chi connectivity index (χ0) is 15.0. The SMILES string of the molecule is CC(C)(c1ccccc1)c1nc2c(C(=O)O)cccc2o1. The molecule has 0 amide bonds. The highest BCUT2D eigenvalue weighted by Gasteiger charge is 2.29. The van der Waals surface area contributed by atoms with Crippen molar-refractivity contribution in [3.8, 4) is 0 Å². The number of fused-ring (bicyclic) bond motifs is 1. The van der Waals surface area contributed by atoms with E-state index in [1.54, 1.807) is 12.1 Å². The first kappa shape index (κ1) is 13.4. The molecule has 4 heteroatoms. The van der Waals surface area contributed by atoms with Crippen LogP contribution in [0.25, 0.3) is 11.1 Å². The quantitative estimate of drug-likeness (QED) is 0.792. The summed E-state index contributed by atoms with van der Waals surface area (Å²) in [5, 5.41) is 9.23. The molecule has 1 N–H and O–H groups in total. The molecule has 0 aliphatic carbocycles. The molecule has 0 aliphatic rings. The van der Waals surface area contributed by atoms with Gasteiger partial charge < -0.3 is 9.52 Å². The average Bonchev–Trinajstić information content (AvgIpc) is 2.92. The molecule has 3 aromatic rings. The van der Waals surface area contributed by atoms with Gasteiger partial charge in [-0.15, -0.1) is 0 Å². The molecule has 0 bridgehead atoms. The maximum atomic E-state index is 11.3. The van der Waals surface area contributed by atoms with Crippen molar-refractivity contribution in [1.82, 2.24) is 4.98 Å². The second-order valence-corrected chi connectivity index (χ2v) is 5.47. The lowest BCUT2D eigenvalue weighted by Crippen LogP contribution is -2.19. The fourth-order valence-corrected chi connectivity index (χ4v) is 2.37. The van der Waals surface area contributed by atoms with Crippen molar-refractivity contribution in [3.63, 3.8) is 0 Å². The Morgan fingerprint density at radius 1 is 1.10 bits per heavy atom. The number of carbonyl (C=O) groups is 1. The van der Waals surface area contributed by atoms with Crippen molar-refractivity contribution in [1.29, 1.82) is 0 Å². The summed E-state index contributed by atoms with van der Waals surface area (Å²) < 4.78 is 5.80. The van der Waals surface area contributed by atoms with Crippen molar-refractivity contribution >= 4 is 17.1 Å². The molecule has 0 spiro atoms. The summed E-state index contributed by atoms with van der Waals surface area (Å²) in [5.41, 5.74) is 1.67. The summed E-state index contributed by atoms with van der Waals surface area (Å²) in [4.78, 5) is 15.7. The summed E-state index contributed by atoms with van der Waals surface area (Å²) in [6, 6.07) is 14.8. The van der Waals surface area contributed by atoms with Gasteiger partial charge in [0.2, 0.25) is 5.89 Å². The van der Waals surface area contributed by atoms with Crippen LogP contribution >= 0.6 is 0 Å². The van der Waals surface area contributed by atoms with Gasteiger partial charge in [-0.25, -0.2) is 9.78 Å². The fourth-order valence-electron chi connectivity index (χ4n) is 2.37. The number of para-hydroxylation sites is 1. The molecule has 0 aliphatic heterocycles. The molecular formula is C17H15NO3. The Morgan fingerprint density at radius 3 is 2.48 bits per heavy atom. The fraction of sp³-hybridized carbons (Fsp3) is 0.176. The zero-order valence-electron chi connectivity index (χ0n) is 11.8. The van der Waals surface area contributed by atoms with Gasteiger partial charge in [0.25, 0.3) is 0 Å². The summed E-state index contributed by atoms with van der Waals surface area (Å²) in [6.07, 6.45) is 0. The normalized spacial score (nSPS) is 11.7. The predicted molar refractivity (Wildman–Crippen MR) is 79.5 cm³/mol. The lowest BCUT2D eigenvalue weighted by Gasteiger charge is -2.20. The van der Waals surface area contributed by atoms with E-state index in [4.69, 9.17) is 4.42 Å². The van der Waals surface area contributed by atoms with E-state index < -0.39 is 11.4 Å². The Morgan fingerprint density at radius 2 is 1.81 bits per heavy atom. The van der Waals surface area contributed by atoms with Crippen LogP contribution in [0.1, 0.15) is 35.7 Å². The Bertz CT molecular complexity index is 803. The van der Waals surface area contributed by atoms with E-state index in [9.17, 15) is 9.90 Å². The van der Waals surface area contributed by atoms with Gasteiger partial charge in [-0.3, -0.25) is 0 Å². The second-order valence-electron chi connectivity index (χ2n) is 5.47. The lowest BCUT2D eigenvalue weighted by molar-refractivity contribution is 0.0699. The monoisotopic (exact) mass is 281 g/mol. The number of hydrogen-bond donors (Lipinski definition) is 1. The van der Waals surface area contributed by atoms with Gasteiger partial charge in [0, 0.05) is 0 Å². The van der Waals surface area contributed by atoms with E-state index in [1.165, 1.54) is 6.07 Å². The van der Waals surface area contributed by atoms with E-state index in [0.717, 1.165) is 5.56 Å². The van der Waals surface area contributed by atoms with E-state index >= 15 is 0 Å². The van der Waals surface area contributed by atoms with Gasteiger partial charge in [-0.1, -0.05) is 36.4 Å². The lowest BCUT2D eigenvalue weighted by atomic mass is 9.84. The summed E-state index contributed by atoms with van der Waals surface area (Å²) in [6.45, 7) is 4.01. The number of carboxylic acid groups (broad SMARTS) is 1. The average molecular weight is 281 g/mol. The Kier molecular flexibility index (Phi) is 3.01. The van der Waals surface area contributed by atoms with Crippen molar-refractivity contribution in [3.05, 3.63) is 65.5 Å². The van der Waals surface area contributed by atoms with Gasteiger partial charge in [-0.2, -0.15) is 0 Å². The first-order chi connectivity index (χ1) is 10.00. The molecule has 1 aromatic heterocycles. The van der Waals surface area contributed by atoms with Crippen LogP contribution in [-0.4, -0.2) is 16.1 Å². The topological polar surface area (TPSA) is 63.3 Å². The van der Waals surface area contributed by atoms with Gasteiger partial charge >= 0.3 is 5.97 Å². The Hall–Kier alpha value is -2.62. The molecule has 106 valence electrons. The number of rotatable bonds is 3. The molecule has 3 rings (SSSR count). The molecule has 21 heavy (non-hydrogen) atoms. The Balaban J connectivity index is 2.18. The number of hydrogen-bond acceptors (Lipinski definition) is 3. The molecule has 2 aromatic carbocycles. The molecule has 0 fully saturated rings. The second kappa shape index (κ2) is 4.74. The van der Waals surface area contributed by atoms with E-state index in [1.807, 2.05) is 44.2 Å². The van der Waals surface area contributed by atoms with Crippen LogP contribution in [0.15, 0.2) is 52.9 Å². The third-order valence-corrected chi connectivity index (χ3v) is 3.68. The van der Waals surface area contributed by atoms with Gasteiger partial charge in [0.1, 0.15) is 5.52 Å². The largest absolute Gasteiger partial charge is 0.478 e. The standard InChI is InChI=1S/C17H15NO3/c1-17(2,11-7-4-3-5-8-11)16-18-14-12(15(19)20)9-6-10-13(14)21-16/h3-10H,1-2H3,(H,19,20). The summed E-state index contributed by atoms with van der Waals surface area (Å²) in [7, 11) is 0. The third-order valence-electron chi connectivity index (χ3n) is 3.68. The van der Waals surface area contributed by atoms with Crippen molar-refractivity contribution in [2.24, 2.45) is 0 Å². The molecule has 0 saturated carbocycles. The maximum absolute atomic E-state index is 11.3. The van der Waals surface area contributed by atoms with E-state index in [2.05, 4.69) is 4.98 Å². The van der Waals surface area contributed by atoms with Crippen molar-refractivity contribution < 1.29 is 14.3 Å². The number of oxazole rings is 1. The van der Waals surface area contributed by atoms with Crippen LogP contribution in [0, 0.1) is 0 Å². The highest BCUT2D eigenvalue weighted by Crippen LogP contribution is 2.33. The van der Waals surface area contributed by atoms with Crippen LogP contribution in [0.4, 0.5) is 0 Å². The predicted octanol–water partition coefficient (Wildman–Crippen LogP) is 3.85. The number of aromatic nitrogens is 1. The molecule has 1 heterocycles. The van der Waals surface area contributed by atoms with Crippen LogP contribution in [0.3, 0.4) is 0 Å². The summed E-state index contributed by atoms with van der Waals surface area (Å²) >= 11 is 0. The first-order valence-corrected chi connectivity index (χ1v) is 6.69. The van der Waals surface area contributed by atoms with Crippen molar-refractivity contribution in [2.75, 3.05) is 0 Å². The van der Waals surface area contributed by atoms with Crippen LogP contribution in [0.5, 0.6) is 0 Å². The summed E-state index contributed by atoms with van der Waals surface area (Å²) in [5.74, 6) is -0.490. The van der Waals surface area contributed by atoms with Gasteiger partial charge in [0.15, 0.2) is 5.58 Å². The smallest absolute Gasteiger partial charge is 0.338 e. The highest BCUT2D eigenvalue weighted by atomic mass is 16.4. The molecule has 0 atom stereocenters.